The molecule has 3 aromatic rings. The average Bonchev–Trinajstić information content (AvgIpc) is 3.10. The number of hydrogen-bond donors (Lipinski definition) is 1. The molecule has 1 fully saturated rings. The maximum absolute atomic E-state index is 12.5. The van der Waals surface area contributed by atoms with Crippen LogP contribution in [0.15, 0.2) is 42.5 Å². The van der Waals surface area contributed by atoms with Crippen molar-refractivity contribution < 1.29 is 14.3 Å². The zero-order valence-corrected chi connectivity index (χ0v) is 17.5. The summed E-state index contributed by atoms with van der Waals surface area (Å²) in [6.07, 6.45) is -0.153. The van der Waals surface area contributed by atoms with Crippen LogP contribution in [0.3, 0.4) is 0 Å². The van der Waals surface area contributed by atoms with Gasteiger partial charge in [0.1, 0.15) is 5.01 Å². The lowest BCUT2D eigenvalue weighted by Crippen LogP contribution is -2.51. The molecule has 2 aromatic carbocycles. The molecule has 1 N–H and O–H groups in total. The van der Waals surface area contributed by atoms with Gasteiger partial charge in [-0.15, -0.1) is 11.3 Å². The first-order chi connectivity index (χ1) is 13.9. The van der Waals surface area contributed by atoms with Crippen molar-refractivity contribution in [1.82, 2.24) is 9.88 Å². The third-order valence-electron chi connectivity index (χ3n) is 4.83. The molecule has 7 heteroatoms. The predicted molar refractivity (Wildman–Crippen MR) is 115 cm³/mol. The Kier molecular flexibility index (Phi) is 5.34. The molecular weight excluding hydrogens is 386 g/mol. The molecule has 150 valence electrons. The van der Waals surface area contributed by atoms with Crippen LogP contribution in [0.5, 0.6) is 0 Å². The van der Waals surface area contributed by atoms with E-state index in [1.54, 1.807) is 28.4 Å². The van der Waals surface area contributed by atoms with Crippen LogP contribution in [-0.2, 0) is 14.3 Å². The van der Waals surface area contributed by atoms with Gasteiger partial charge in [-0.05, 0) is 62.7 Å². The molecule has 6 nitrogen and oxygen atoms in total. The Labute approximate surface area is 173 Å². The van der Waals surface area contributed by atoms with E-state index >= 15 is 0 Å². The van der Waals surface area contributed by atoms with E-state index in [-0.39, 0.29) is 12.2 Å². The van der Waals surface area contributed by atoms with Gasteiger partial charge in [0.05, 0.1) is 22.4 Å². The number of ether oxygens (including phenoxy) is 1. The Morgan fingerprint density at radius 3 is 2.48 bits per heavy atom. The van der Waals surface area contributed by atoms with Gasteiger partial charge >= 0.3 is 11.8 Å². The van der Waals surface area contributed by atoms with Crippen LogP contribution in [-0.4, -0.2) is 47.0 Å². The summed E-state index contributed by atoms with van der Waals surface area (Å²) in [6, 6.07) is 13.6. The average molecular weight is 410 g/mol. The van der Waals surface area contributed by atoms with Crippen molar-refractivity contribution in [1.29, 1.82) is 0 Å². The van der Waals surface area contributed by atoms with E-state index in [0.29, 0.717) is 18.8 Å². The van der Waals surface area contributed by atoms with Crippen LogP contribution in [0.1, 0.15) is 19.4 Å². The number of nitrogens with one attached hydrogen (secondary N) is 1. The monoisotopic (exact) mass is 409 g/mol. The highest BCUT2D eigenvalue weighted by atomic mass is 32.1. The third kappa shape index (κ3) is 4.31. The van der Waals surface area contributed by atoms with Crippen LogP contribution in [0.2, 0.25) is 0 Å². The smallest absolute Gasteiger partial charge is 0.313 e. The molecule has 1 aliphatic heterocycles. The molecule has 1 saturated heterocycles. The van der Waals surface area contributed by atoms with Gasteiger partial charge < -0.3 is 15.0 Å². The minimum Gasteiger partial charge on any atom is -0.372 e. The highest BCUT2D eigenvalue weighted by Gasteiger charge is 2.29. The van der Waals surface area contributed by atoms with E-state index < -0.39 is 11.8 Å². The first kappa shape index (κ1) is 19.5. The molecule has 2 atom stereocenters. The normalized spacial score (nSPS) is 19.3. The fourth-order valence-corrected chi connectivity index (χ4v) is 4.59. The van der Waals surface area contributed by atoms with E-state index in [2.05, 4.69) is 29.4 Å². The Hall–Kier alpha value is -2.77. The summed E-state index contributed by atoms with van der Waals surface area (Å²) >= 11 is 1.64. The summed E-state index contributed by atoms with van der Waals surface area (Å²) in [5.41, 5.74) is 3.74. The van der Waals surface area contributed by atoms with Gasteiger partial charge in [0.2, 0.25) is 0 Å². The molecule has 2 amide bonds. The van der Waals surface area contributed by atoms with Crippen molar-refractivity contribution in [3.8, 4) is 10.6 Å². The number of fused-ring (bicyclic) bond motifs is 1. The highest BCUT2D eigenvalue weighted by molar-refractivity contribution is 7.21. The van der Waals surface area contributed by atoms with Gasteiger partial charge in [-0.1, -0.05) is 6.07 Å². The van der Waals surface area contributed by atoms with Crippen molar-refractivity contribution in [2.75, 3.05) is 18.4 Å². The molecular formula is C22H23N3O3S. The summed E-state index contributed by atoms with van der Waals surface area (Å²) in [7, 11) is 0. The van der Waals surface area contributed by atoms with Crippen molar-refractivity contribution in [2.24, 2.45) is 0 Å². The molecule has 0 spiro atoms. The summed E-state index contributed by atoms with van der Waals surface area (Å²) in [6.45, 7) is 6.71. The Bertz CT molecular complexity index is 1050. The van der Waals surface area contributed by atoms with E-state index in [0.717, 1.165) is 20.8 Å². The lowest BCUT2D eigenvalue weighted by molar-refractivity contribution is -0.151. The van der Waals surface area contributed by atoms with Crippen LogP contribution >= 0.6 is 11.3 Å². The maximum atomic E-state index is 12.5. The molecule has 2 heterocycles. The number of amides is 2. The zero-order valence-electron chi connectivity index (χ0n) is 16.6. The van der Waals surface area contributed by atoms with Crippen molar-refractivity contribution in [3.05, 3.63) is 48.0 Å². The minimum atomic E-state index is -0.630. The van der Waals surface area contributed by atoms with Crippen LogP contribution in [0.25, 0.3) is 20.8 Å². The first-order valence-corrected chi connectivity index (χ1v) is 10.4. The number of hydrogen-bond acceptors (Lipinski definition) is 5. The number of thiazole rings is 1. The SMILES string of the molecule is Cc1ccc2nc(-c3ccc(NC(=O)C(=O)N4CC(C)OC(C)C4)cc3)sc2c1. The van der Waals surface area contributed by atoms with Crippen molar-refractivity contribution >= 4 is 39.1 Å². The molecule has 0 saturated carbocycles. The number of aryl methyl sites for hydroxylation is 1. The zero-order chi connectivity index (χ0) is 20.5. The lowest BCUT2D eigenvalue weighted by atomic mass is 10.2. The third-order valence-corrected chi connectivity index (χ3v) is 5.90. The molecule has 2 unspecified atom stereocenters. The molecule has 1 aromatic heterocycles. The largest absolute Gasteiger partial charge is 0.372 e. The van der Waals surface area contributed by atoms with Gasteiger partial charge in [-0.2, -0.15) is 0 Å². The Balaban J connectivity index is 1.44. The molecule has 1 aliphatic rings. The van der Waals surface area contributed by atoms with Crippen molar-refractivity contribution in [2.45, 2.75) is 33.0 Å². The molecule has 0 aliphatic carbocycles. The quantitative estimate of drug-likeness (QED) is 0.653. The number of morpholine rings is 1. The number of rotatable bonds is 2. The van der Waals surface area contributed by atoms with Gasteiger partial charge in [-0.3, -0.25) is 9.59 Å². The van der Waals surface area contributed by atoms with Crippen LogP contribution in [0.4, 0.5) is 5.69 Å². The number of carbonyl (C=O) groups excluding carboxylic acids is 2. The fourth-order valence-electron chi connectivity index (χ4n) is 3.52. The Morgan fingerprint density at radius 1 is 1.10 bits per heavy atom. The number of carbonyl (C=O) groups is 2. The van der Waals surface area contributed by atoms with E-state index in [9.17, 15) is 9.59 Å². The van der Waals surface area contributed by atoms with Crippen molar-refractivity contribution in [3.63, 3.8) is 0 Å². The minimum absolute atomic E-state index is 0.0765. The van der Waals surface area contributed by atoms with Crippen LogP contribution < -0.4 is 5.32 Å². The molecule has 29 heavy (non-hydrogen) atoms. The number of nitrogens with zero attached hydrogens (tertiary/aromatic N) is 2. The highest BCUT2D eigenvalue weighted by Crippen LogP contribution is 2.31. The van der Waals surface area contributed by atoms with E-state index in [4.69, 9.17) is 4.74 Å². The molecule has 0 bridgehead atoms. The summed E-state index contributed by atoms with van der Waals surface area (Å²) in [5.74, 6) is -1.16. The van der Waals surface area contributed by atoms with Gasteiger partial charge in [0.25, 0.3) is 0 Å². The number of benzene rings is 2. The first-order valence-electron chi connectivity index (χ1n) is 9.62. The topological polar surface area (TPSA) is 71.5 Å². The van der Waals surface area contributed by atoms with Crippen LogP contribution in [0, 0.1) is 6.92 Å². The lowest BCUT2D eigenvalue weighted by Gasteiger charge is -2.34. The van der Waals surface area contributed by atoms with Gasteiger partial charge in [0.15, 0.2) is 0 Å². The molecule has 4 rings (SSSR count). The predicted octanol–water partition coefficient (Wildman–Crippen LogP) is 3.85. The van der Waals surface area contributed by atoms with Gasteiger partial charge in [0, 0.05) is 24.3 Å². The second-order valence-corrected chi connectivity index (χ2v) is 8.52. The van der Waals surface area contributed by atoms with E-state index in [1.807, 2.05) is 32.0 Å². The second-order valence-electron chi connectivity index (χ2n) is 7.49. The summed E-state index contributed by atoms with van der Waals surface area (Å²) < 4.78 is 6.77. The second kappa shape index (κ2) is 7.93. The van der Waals surface area contributed by atoms with E-state index in [1.165, 1.54) is 5.56 Å². The van der Waals surface area contributed by atoms with Gasteiger partial charge in [-0.25, -0.2) is 4.98 Å². The molecule has 0 radical (unpaired) electrons. The summed E-state index contributed by atoms with van der Waals surface area (Å²) in [5, 5.41) is 3.62. The number of anilines is 1. The fraction of sp³-hybridized carbons (Fsp3) is 0.318. The maximum Gasteiger partial charge on any atom is 0.313 e. The Morgan fingerprint density at radius 2 is 1.79 bits per heavy atom. The number of aromatic nitrogens is 1. The standard InChI is InChI=1S/C22H23N3O3S/c1-13-4-9-18-19(10-13)29-21(24-18)16-5-7-17(8-6-16)23-20(26)22(27)25-11-14(2)28-15(3)12-25/h4-10,14-15H,11-12H2,1-3H3,(H,23,26). The summed E-state index contributed by atoms with van der Waals surface area (Å²) in [4.78, 5) is 31.1.